The Morgan fingerprint density at radius 1 is 1.33 bits per heavy atom. The van der Waals surface area contributed by atoms with Gasteiger partial charge < -0.3 is 15.0 Å². The maximum atomic E-state index is 11.7. The molecule has 2 fully saturated rings. The minimum absolute atomic E-state index is 0.0954. The van der Waals surface area contributed by atoms with Crippen LogP contribution in [0, 0.1) is 11.8 Å². The molecule has 2 heterocycles. The normalized spacial score (nSPS) is 21.8. The SMILES string of the molecule is CCOC(=O)C1CN(C(=O)C2CNC2)C1. The van der Waals surface area contributed by atoms with Crippen LogP contribution in [0.4, 0.5) is 0 Å². The Hall–Kier alpha value is -1.10. The van der Waals surface area contributed by atoms with E-state index in [4.69, 9.17) is 4.74 Å². The molecule has 0 spiro atoms. The largest absolute Gasteiger partial charge is 0.466 e. The van der Waals surface area contributed by atoms with Crippen LogP contribution in [0.15, 0.2) is 0 Å². The highest BCUT2D eigenvalue weighted by molar-refractivity contribution is 5.84. The van der Waals surface area contributed by atoms with E-state index in [0.717, 1.165) is 13.1 Å². The fourth-order valence-corrected chi connectivity index (χ4v) is 1.79. The highest BCUT2D eigenvalue weighted by Crippen LogP contribution is 2.20. The third-order valence-corrected chi connectivity index (χ3v) is 2.94. The Bertz CT molecular complexity index is 270. The molecule has 0 saturated carbocycles. The van der Waals surface area contributed by atoms with Crippen molar-refractivity contribution in [3.8, 4) is 0 Å². The number of amides is 1. The van der Waals surface area contributed by atoms with E-state index in [1.54, 1.807) is 11.8 Å². The van der Waals surface area contributed by atoms with Crippen molar-refractivity contribution in [1.82, 2.24) is 10.2 Å². The molecule has 0 bridgehead atoms. The van der Waals surface area contributed by atoms with E-state index < -0.39 is 0 Å². The molecule has 5 heteroatoms. The Labute approximate surface area is 88.8 Å². The van der Waals surface area contributed by atoms with E-state index in [-0.39, 0.29) is 23.7 Å². The van der Waals surface area contributed by atoms with Crippen LogP contribution in [0.3, 0.4) is 0 Å². The summed E-state index contributed by atoms with van der Waals surface area (Å²) in [5, 5.41) is 3.06. The third-order valence-electron chi connectivity index (χ3n) is 2.94. The summed E-state index contributed by atoms with van der Waals surface area (Å²) in [4.78, 5) is 24.7. The Morgan fingerprint density at radius 2 is 2.00 bits per heavy atom. The van der Waals surface area contributed by atoms with Crippen molar-refractivity contribution < 1.29 is 14.3 Å². The zero-order valence-electron chi connectivity index (χ0n) is 8.86. The molecule has 0 atom stereocenters. The second kappa shape index (κ2) is 4.18. The monoisotopic (exact) mass is 212 g/mol. The predicted molar refractivity (Wildman–Crippen MR) is 53.1 cm³/mol. The van der Waals surface area contributed by atoms with E-state index in [9.17, 15) is 9.59 Å². The van der Waals surface area contributed by atoms with Crippen LogP contribution in [0.1, 0.15) is 6.92 Å². The molecule has 1 N–H and O–H groups in total. The number of likely N-dealkylation sites (tertiary alicyclic amines) is 1. The van der Waals surface area contributed by atoms with Crippen LogP contribution in [0.25, 0.3) is 0 Å². The summed E-state index contributed by atoms with van der Waals surface area (Å²) in [7, 11) is 0. The van der Waals surface area contributed by atoms with Gasteiger partial charge in [-0.15, -0.1) is 0 Å². The minimum Gasteiger partial charge on any atom is -0.466 e. The lowest BCUT2D eigenvalue weighted by atomic mass is 9.95. The van der Waals surface area contributed by atoms with Crippen LogP contribution in [-0.2, 0) is 14.3 Å². The average Bonchev–Trinajstić information content (AvgIpc) is 1.97. The van der Waals surface area contributed by atoms with E-state index in [1.807, 2.05) is 0 Å². The molecule has 2 aliphatic heterocycles. The van der Waals surface area contributed by atoms with Gasteiger partial charge in [-0.05, 0) is 6.92 Å². The third kappa shape index (κ3) is 1.97. The van der Waals surface area contributed by atoms with Gasteiger partial charge in [0.25, 0.3) is 0 Å². The average molecular weight is 212 g/mol. The molecule has 0 radical (unpaired) electrons. The number of ether oxygens (including phenoxy) is 1. The van der Waals surface area contributed by atoms with Crippen molar-refractivity contribution in [2.75, 3.05) is 32.8 Å². The van der Waals surface area contributed by atoms with Gasteiger partial charge in [0.1, 0.15) is 0 Å². The van der Waals surface area contributed by atoms with E-state index >= 15 is 0 Å². The second-order valence-corrected chi connectivity index (χ2v) is 4.05. The maximum Gasteiger partial charge on any atom is 0.312 e. The number of carbonyl (C=O) groups is 2. The number of rotatable bonds is 3. The van der Waals surface area contributed by atoms with Gasteiger partial charge in [-0.3, -0.25) is 9.59 Å². The highest BCUT2D eigenvalue weighted by Gasteiger charge is 2.40. The molecular formula is C10H16N2O3. The number of hydrogen-bond donors (Lipinski definition) is 1. The fraction of sp³-hybridized carbons (Fsp3) is 0.800. The molecule has 5 nitrogen and oxygen atoms in total. The van der Waals surface area contributed by atoms with Crippen molar-refractivity contribution in [2.45, 2.75) is 6.92 Å². The first-order valence-electron chi connectivity index (χ1n) is 5.38. The minimum atomic E-state index is -0.173. The molecule has 0 aliphatic carbocycles. The lowest BCUT2D eigenvalue weighted by molar-refractivity contribution is -0.159. The Kier molecular flexibility index (Phi) is 2.90. The van der Waals surface area contributed by atoms with Crippen LogP contribution >= 0.6 is 0 Å². The van der Waals surface area contributed by atoms with Crippen LogP contribution < -0.4 is 5.32 Å². The molecule has 84 valence electrons. The molecule has 2 saturated heterocycles. The molecule has 2 aliphatic rings. The fourth-order valence-electron chi connectivity index (χ4n) is 1.79. The lowest BCUT2D eigenvalue weighted by Crippen LogP contribution is -2.60. The molecule has 2 rings (SSSR count). The van der Waals surface area contributed by atoms with Crippen LogP contribution in [0.5, 0.6) is 0 Å². The second-order valence-electron chi connectivity index (χ2n) is 4.05. The van der Waals surface area contributed by atoms with Gasteiger partial charge in [0.05, 0.1) is 18.4 Å². The zero-order chi connectivity index (χ0) is 10.8. The van der Waals surface area contributed by atoms with Gasteiger partial charge in [0.15, 0.2) is 0 Å². The van der Waals surface area contributed by atoms with Crippen LogP contribution in [0.2, 0.25) is 0 Å². The maximum absolute atomic E-state index is 11.7. The zero-order valence-corrected chi connectivity index (χ0v) is 8.86. The molecule has 15 heavy (non-hydrogen) atoms. The lowest BCUT2D eigenvalue weighted by Gasteiger charge is -2.41. The highest BCUT2D eigenvalue weighted by atomic mass is 16.5. The molecule has 0 aromatic rings. The number of esters is 1. The summed E-state index contributed by atoms with van der Waals surface area (Å²) >= 11 is 0. The topological polar surface area (TPSA) is 58.6 Å². The van der Waals surface area contributed by atoms with Crippen molar-refractivity contribution in [3.63, 3.8) is 0 Å². The summed E-state index contributed by atoms with van der Waals surface area (Å²) in [6.45, 7) is 4.83. The van der Waals surface area contributed by atoms with E-state index in [1.165, 1.54) is 0 Å². The summed E-state index contributed by atoms with van der Waals surface area (Å²) in [6, 6.07) is 0. The van der Waals surface area contributed by atoms with Crippen molar-refractivity contribution in [2.24, 2.45) is 11.8 Å². The van der Waals surface area contributed by atoms with Gasteiger partial charge >= 0.3 is 5.97 Å². The first-order valence-corrected chi connectivity index (χ1v) is 5.38. The van der Waals surface area contributed by atoms with Gasteiger partial charge in [-0.25, -0.2) is 0 Å². The first kappa shape index (κ1) is 10.4. The Balaban J connectivity index is 1.72. The van der Waals surface area contributed by atoms with Gasteiger partial charge in [-0.1, -0.05) is 0 Å². The van der Waals surface area contributed by atoms with E-state index in [2.05, 4.69) is 5.32 Å². The Morgan fingerprint density at radius 3 is 2.47 bits per heavy atom. The summed E-state index contributed by atoms with van der Waals surface area (Å²) < 4.78 is 4.89. The number of hydrogen-bond acceptors (Lipinski definition) is 4. The molecule has 1 amide bonds. The van der Waals surface area contributed by atoms with Gasteiger partial charge in [-0.2, -0.15) is 0 Å². The van der Waals surface area contributed by atoms with Gasteiger partial charge in [0.2, 0.25) is 5.91 Å². The molecule has 0 unspecified atom stereocenters. The summed E-state index contributed by atoms with van der Waals surface area (Å²) in [5.41, 5.74) is 0. The van der Waals surface area contributed by atoms with Crippen LogP contribution in [-0.4, -0.2) is 49.6 Å². The van der Waals surface area contributed by atoms with Crippen molar-refractivity contribution >= 4 is 11.9 Å². The molecular weight excluding hydrogens is 196 g/mol. The number of carbonyl (C=O) groups excluding carboxylic acids is 2. The smallest absolute Gasteiger partial charge is 0.312 e. The number of nitrogens with zero attached hydrogens (tertiary/aromatic N) is 1. The number of nitrogens with one attached hydrogen (secondary N) is 1. The predicted octanol–water partition coefficient (Wildman–Crippen LogP) is -0.773. The van der Waals surface area contributed by atoms with E-state index in [0.29, 0.717) is 19.7 Å². The van der Waals surface area contributed by atoms with Gasteiger partial charge in [0, 0.05) is 26.2 Å². The quantitative estimate of drug-likeness (QED) is 0.624. The standard InChI is InChI=1S/C10H16N2O3/c1-2-15-10(14)8-5-12(6-8)9(13)7-3-11-4-7/h7-8,11H,2-6H2,1H3. The van der Waals surface area contributed by atoms with Crippen molar-refractivity contribution in [3.05, 3.63) is 0 Å². The first-order chi connectivity index (χ1) is 7.22. The van der Waals surface area contributed by atoms with Crippen molar-refractivity contribution in [1.29, 1.82) is 0 Å². The summed E-state index contributed by atoms with van der Waals surface area (Å²) in [5.74, 6) is 0.0395. The molecule has 0 aromatic carbocycles. The molecule has 0 aromatic heterocycles. The summed E-state index contributed by atoms with van der Waals surface area (Å²) in [6.07, 6.45) is 0.